The normalized spacial score (nSPS) is 12.6. The van der Waals surface area contributed by atoms with Crippen LogP contribution >= 0.6 is 7.60 Å². The molecule has 0 heterocycles. The molecule has 0 aromatic heterocycles. The van der Waals surface area contributed by atoms with Crippen LogP contribution in [0.25, 0.3) is 0 Å². The van der Waals surface area contributed by atoms with E-state index in [-0.39, 0.29) is 23.9 Å². The van der Waals surface area contributed by atoms with Gasteiger partial charge in [0.25, 0.3) is 5.91 Å². The van der Waals surface area contributed by atoms with Crippen molar-refractivity contribution in [2.75, 3.05) is 6.61 Å². The van der Waals surface area contributed by atoms with Crippen LogP contribution in [0.1, 0.15) is 28.4 Å². The van der Waals surface area contributed by atoms with Crippen LogP contribution in [0.15, 0.2) is 114 Å². The number of nitrogens with two attached hydrogens (primary N) is 2. The number of halogens is 3. The van der Waals surface area contributed by atoms with Gasteiger partial charge in [0.2, 0.25) is 11.8 Å². The number of aliphatic hydroxyl groups is 1. The highest BCUT2D eigenvalue weighted by Crippen LogP contribution is 2.53. The lowest BCUT2D eigenvalue weighted by molar-refractivity contribution is -0.192. The highest BCUT2D eigenvalue weighted by Gasteiger charge is 2.42. The van der Waals surface area contributed by atoms with Crippen molar-refractivity contribution in [1.82, 2.24) is 16.0 Å². The number of carbonyl (C=O) groups is 4. The number of aryl methyl sites for hydroxylation is 1. The lowest BCUT2D eigenvalue weighted by atomic mass is 10.1. The van der Waals surface area contributed by atoms with Gasteiger partial charge in [0.15, 0.2) is 11.7 Å². The minimum absolute atomic E-state index is 0.0305. The number of rotatable bonds is 15. The fraction of sp³-hybridized carbons (Fsp3) is 0.216. The summed E-state index contributed by atoms with van der Waals surface area (Å²) in [5.41, 5.74) is 13.2. The van der Waals surface area contributed by atoms with Gasteiger partial charge in [-0.1, -0.05) is 66.2 Å². The third-order valence-electron chi connectivity index (χ3n) is 7.35. The number of carbonyl (C=O) groups excluding carboxylic acids is 3. The summed E-state index contributed by atoms with van der Waals surface area (Å²) in [5, 5.41) is 24.8. The number of carboxylic acid groups (broad SMARTS) is 1. The molecule has 0 bridgehead atoms. The summed E-state index contributed by atoms with van der Waals surface area (Å²) < 4.78 is 58.6. The molecule has 56 heavy (non-hydrogen) atoms. The number of amides is 3. The highest BCUT2D eigenvalue weighted by atomic mass is 31.2. The summed E-state index contributed by atoms with van der Waals surface area (Å²) in [6, 6.07) is 27.6. The van der Waals surface area contributed by atoms with E-state index >= 15 is 0 Å². The van der Waals surface area contributed by atoms with Crippen molar-refractivity contribution >= 4 is 42.9 Å². The lowest BCUT2D eigenvalue weighted by Crippen LogP contribution is -2.55. The Bertz CT molecular complexity index is 1970. The summed E-state index contributed by atoms with van der Waals surface area (Å²) in [7, 11) is -4.29. The summed E-state index contributed by atoms with van der Waals surface area (Å²) in [4.78, 5) is 52.4. The third-order valence-corrected chi connectivity index (χ3v) is 9.35. The van der Waals surface area contributed by atoms with Crippen LogP contribution in [0, 0.1) is 6.92 Å². The smallest absolute Gasteiger partial charge is 0.475 e. The second kappa shape index (κ2) is 20.3. The van der Waals surface area contributed by atoms with E-state index in [1.165, 1.54) is 6.92 Å². The SMILES string of the molecule is Cc1cccc(C(=O)N[C@H](CO)C(=O)N[C@@H](C)C(=O)NC(Cc2ccc(N=C(N)N)cc2)P(=O)(Oc2ccccc2)Oc2ccccc2)c1.O=C(O)C(F)(F)F. The predicted molar refractivity (Wildman–Crippen MR) is 200 cm³/mol. The molecular formula is C37H40F3N6O9P. The number of hydrogen-bond acceptors (Lipinski definition) is 9. The summed E-state index contributed by atoms with van der Waals surface area (Å²) in [6.45, 7) is 2.50. The van der Waals surface area contributed by atoms with Gasteiger partial charge in [0.05, 0.1) is 12.3 Å². The van der Waals surface area contributed by atoms with Crippen LogP contribution in [0.5, 0.6) is 11.5 Å². The lowest BCUT2D eigenvalue weighted by Gasteiger charge is -2.29. The van der Waals surface area contributed by atoms with Gasteiger partial charge in [-0.15, -0.1) is 0 Å². The molecule has 0 aliphatic rings. The van der Waals surface area contributed by atoms with E-state index in [9.17, 15) is 37.2 Å². The quantitative estimate of drug-likeness (QED) is 0.0511. The van der Waals surface area contributed by atoms with E-state index in [0.717, 1.165) is 5.56 Å². The molecule has 0 spiro atoms. The first-order valence-electron chi connectivity index (χ1n) is 16.6. The maximum atomic E-state index is 14.8. The Kier molecular flexibility index (Phi) is 16.0. The third kappa shape index (κ3) is 14.1. The first-order chi connectivity index (χ1) is 26.4. The molecule has 4 aromatic carbocycles. The predicted octanol–water partition coefficient (Wildman–Crippen LogP) is 4.16. The van der Waals surface area contributed by atoms with E-state index in [2.05, 4.69) is 20.9 Å². The summed E-state index contributed by atoms with van der Waals surface area (Å²) >= 11 is 0. The molecule has 0 radical (unpaired) electrons. The Morgan fingerprint density at radius 3 is 1.80 bits per heavy atom. The molecule has 9 N–H and O–H groups in total. The zero-order valence-electron chi connectivity index (χ0n) is 30.0. The van der Waals surface area contributed by atoms with E-state index < -0.39 is 61.9 Å². The van der Waals surface area contributed by atoms with Gasteiger partial charge in [0.1, 0.15) is 23.6 Å². The molecule has 0 fully saturated rings. The van der Waals surface area contributed by atoms with Gasteiger partial charge in [-0.2, -0.15) is 13.2 Å². The molecule has 0 aliphatic heterocycles. The van der Waals surface area contributed by atoms with Gasteiger partial charge in [-0.25, -0.2) is 14.4 Å². The summed E-state index contributed by atoms with van der Waals surface area (Å²) in [5.74, 6) is -5.79. The van der Waals surface area contributed by atoms with Crippen molar-refractivity contribution in [2.45, 2.75) is 44.3 Å². The van der Waals surface area contributed by atoms with Crippen LogP contribution < -0.4 is 36.5 Å². The Morgan fingerprint density at radius 2 is 1.34 bits per heavy atom. The maximum Gasteiger partial charge on any atom is 0.490 e. The Labute approximate surface area is 319 Å². The average Bonchev–Trinajstić information content (AvgIpc) is 3.14. The molecule has 15 nitrogen and oxygen atoms in total. The minimum Gasteiger partial charge on any atom is -0.475 e. The molecule has 298 valence electrons. The van der Waals surface area contributed by atoms with Crippen molar-refractivity contribution < 1.29 is 56.2 Å². The van der Waals surface area contributed by atoms with Crippen LogP contribution in [-0.2, 0) is 25.4 Å². The first kappa shape index (κ1) is 44.0. The van der Waals surface area contributed by atoms with Crippen molar-refractivity contribution in [3.8, 4) is 11.5 Å². The van der Waals surface area contributed by atoms with Crippen molar-refractivity contribution in [3.63, 3.8) is 0 Å². The molecule has 4 rings (SSSR count). The van der Waals surface area contributed by atoms with E-state index in [1.54, 1.807) is 103 Å². The molecule has 1 unspecified atom stereocenters. The number of aliphatic hydroxyl groups excluding tert-OH is 1. The zero-order valence-corrected chi connectivity index (χ0v) is 30.9. The fourth-order valence-corrected chi connectivity index (χ4v) is 6.46. The Morgan fingerprint density at radius 1 is 0.804 bits per heavy atom. The second-order valence-electron chi connectivity index (χ2n) is 11.9. The molecule has 0 saturated heterocycles. The number of nitrogens with zero attached hydrogens (tertiary/aromatic N) is 1. The zero-order chi connectivity index (χ0) is 41.5. The molecule has 0 saturated carbocycles. The summed E-state index contributed by atoms with van der Waals surface area (Å²) in [6.07, 6.45) is -5.11. The van der Waals surface area contributed by atoms with Gasteiger partial charge < -0.3 is 46.7 Å². The number of aliphatic carboxylic acids is 1. The molecule has 0 aliphatic carbocycles. The molecular weight excluding hydrogens is 760 g/mol. The number of guanidine groups is 1. The van der Waals surface area contributed by atoms with Crippen LogP contribution in [0.4, 0.5) is 18.9 Å². The topological polar surface area (TPSA) is 245 Å². The largest absolute Gasteiger partial charge is 0.490 e. The molecule has 4 aromatic rings. The Hall–Kier alpha value is -6.39. The highest BCUT2D eigenvalue weighted by molar-refractivity contribution is 7.55. The maximum absolute atomic E-state index is 14.8. The van der Waals surface area contributed by atoms with Crippen molar-refractivity contribution in [2.24, 2.45) is 16.5 Å². The number of nitrogens with one attached hydrogen (secondary N) is 3. The number of hydrogen-bond donors (Lipinski definition) is 7. The molecule has 3 amide bonds. The van der Waals surface area contributed by atoms with Gasteiger partial charge >= 0.3 is 19.7 Å². The van der Waals surface area contributed by atoms with Crippen LogP contribution in [-0.4, -0.2) is 70.5 Å². The van der Waals surface area contributed by atoms with E-state index in [1.807, 2.05) is 13.0 Å². The number of aliphatic imine (C=N–C) groups is 1. The number of para-hydroxylation sites is 2. The fourth-order valence-electron chi connectivity index (χ4n) is 4.61. The van der Waals surface area contributed by atoms with Gasteiger partial charge in [-0.05, 0) is 67.9 Å². The van der Waals surface area contributed by atoms with Crippen molar-refractivity contribution in [1.29, 1.82) is 0 Å². The van der Waals surface area contributed by atoms with Crippen LogP contribution in [0.2, 0.25) is 0 Å². The van der Waals surface area contributed by atoms with Crippen LogP contribution in [0.3, 0.4) is 0 Å². The molecule has 19 heteroatoms. The number of alkyl halides is 3. The van der Waals surface area contributed by atoms with Gasteiger partial charge in [0, 0.05) is 12.0 Å². The molecule has 3 atom stereocenters. The minimum atomic E-state index is -5.08. The number of benzene rings is 4. The first-order valence-corrected chi connectivity index (χ1v) is 18.2. The standard InChI is InChI=1S/C35H39N6O7P.C2HF3O2/c1-23-10-9-11-26(20-23)33(44)40-30(22-42)34(45)38-24(2)32(43)41-31(21-25-16-18-27(19-17-25)39-35(36)37)49(46,47-28-12-5-3-6-13-28)48-29-14-7-4-8-15-29;3-2(4,5)1(6)7/h3-20,24,30-31,42H,21-22H2,1-2H3,(H,38,45)(H,40,44)(H,41,43)(H4,36,37,39);(H,6,7)/t24-,30+,31?;/m0./s1. The average molecular weight is 801 g/mol. The number of carboxylic acids is 1. The second-order valence-corrected chi connectivity index (χ2v) is 14.0. The van der Waals surface area contributed by atoms with E-state index in [4.69, 9.17) is 30.4 Å². The van der Waals surface area contributed by atoms with E-state index in [0.29, 0.717) is 16.8 Å². The van der Waals surface area contributed by atoms with Gasteiger partial charge in [-0.3, -0.25) is 14.4 Å². The van der Waals surface area contributed by atoms with Crippen molar-refractivity contribution in [3.05, 3.63) is 126 Å². The Balaban J connectivity index is 0.00000109. The monoisotopic (exact) mass is 800 g/mol.